The number of methoxy groups -OCH3 is 1. The van der Waals surface area contributed by atoms with Crippen molar-refractivity contribution < 1.29 is 18.7 Å². The maximum atomic E-state index is 13.0. The second-order valence-electron chi connectivity index (χ2n) is 5.92. The molecule has 1 aromatic heterocycles. The van der Waals surface area contributed by atoms with Crippen LogP contribution in [0.15, 0.2) is 47.3 Å². The van der Waals surface area contributed by atoms with E-state index in [2.05, 4.69) is 0 Å². The number of ether oxygens (including phenoxy) is 2. The average molecular weight is 352 g/mol. The van der Waals surface area contributed by atoms with E-state index in [0.717, 1.165) is 5.56 Å². The molecule has 0 aliphatic rings. The van der Waals surface area contributed by atoms with Gasteiger partial charge in [-0.25, -0.2) is 0 Å². The summed E-state index contributed by atoms with van der Waals surface area (Å²) >= 11 is 5.88. The molecule has 0 saturated carbocycles. The Labute approximate surface area is 147 Å². The summed E-state index contributed by atoms with van der Waals surface area (Å²) in [5, 5.41) is 0.619. The van der Waals surface area contributed by atoms with E-state index in [9.17, 15) is 4.79 Å². The van der Waals surface area contributed by atoms with Gasteiger partial charge in [-0.15, -0.1) is 0 Å². The summed E-state index contributed by atoms with van der Waals surface area (Å²) in [7, 11) is 1.61. The molecule has 0 radical (unpaired) electrons. The number of rotatable bonds is 8. The predicted octanol–water partition coefficient (Wildman–Crippen LogP) is 3.77. The van der Waals surface area contributed by atoms with Gasteiger partial charge in [0.25, 0.3) is 5.91 Å². The summed E-state index contributed by atoms with van der Waals surface area (Å²) in [6.45, 7) is 4.85. The fourth-order valence-corrected chi connectivity index (χ4v) is 2.40. The van der Waals surface area contributed by atoms with Gasteiger partial charge in [0, 0.05) is 30.8 Å². The lowest BCUT2D eigenvalue weighted by Crippen LogP contribution is -2.49. The van der Waals surface area contributed by atoms with E-state index in [4.69, 9.17) is 25.5 Å². The normalized spacial score (nSPS) is 11.3. The van der Waals surface area contributed by atoms with Crippen LogP contribution in [0.5, 0.6) is 5.75 Å². The lowest BCUT2D eigenvalue weighted by molar-refractivity contribution is -0.146. The first-order valence-corrected chi connectivity index (χ1v) is 8.04. The zero-order valence-electron chi connectivity index (χ0n) is 14.1. The van der Waals surface area contributed by atoms with Crippen LogP contribution in [0.4, 0.5) is 0 Å². The first-order chi connectivity index (χ1) is 11.4. The number of benzene rings is 1. The van der Waals surface area contributed by atoms with Crippen LogP contribution in [0.25, 0.3) is 0 Å². The standard InChI is InChI=1S/C18H22ClNO4/c1-18(2,24-16-6-4-15(19)5-7-16)17(21)20(9-11-22-3)12-14-8-10-23-13-14/h4-8,10,13H,9,11-12H2,1-3H3. The quantitative estimate of drug-likeness (QED) is 0.726. The fraction of sp³-hybridized carbons (Fsp3) is 0.389. The van der Waals surface area contributed by atoms with Crippen LogP contribution in [0.3, 0.4) is 0 Å². The summed E-state index contributed by atoms with van der Waals surface area (Å²) in [5.74, 6) is 0.462. The number of furan rings is 1. The lowest BCUT2D eigenvalue weighted by Gasteiger charge is -2.32. The lowest BCUT2D eigenvalue weighted by atomic mass is 10.1. The first-order valence-electron chi connectivity index (χ1n) is 7.66. The Morgan fingerprint density at radius 1 is 1.25 bits per heavy atom. The molecule has 0 aliphatic heterocycles. The summed E-state index contributed by atoms with van der Waals surface area (Å²) in [6, 6.07) is 8.78. The van der Waals surface area contributed by atoms with E-state index in [1.54, 1.807) is 62.6 Å². The SMILES string of the molecule is COCCN(Cc1ccoc1)C(=O)C(C)(C)Oc1ccc(Cl)cc1. The molecule has 130 valence electrons. The van der Waals surface area contributed by atoms with Crippen LogP contribution in [0.2, 0.25) is 5.02 Å². The van der Waals surface area contributed by atoms with Gasteiger partial charge in [-0.3, -0.25) is 4.79 Å². The third-order valence-electron chi connectivity index (χ3n) is 3.51. The topological polar surface area (TPSA) is 51.9 Å². The van der Waals surface area contributed by atoms with Gasteiger partial charge in [0.1, 0.15) is 5.75 Å². The maximum absolute atomic E-state index is 13.0. The van der Waals surface area contributed by atoms with Crippen molar-refractivity contribution in [1.29, 1.82) is 0 Å². The molecule has 0 spiro atoms. The van der Waals surface area contributed by atoms with Crippen molar-refractivity contribution >= 4 is 17.5 Å². The molecule has 2 aromatic rings. The van der Waals surface area contributed by atoms with Gasteiger partial charge in [0.05, 0.1) is 19.1 Å². The molecule has 0 N–H and O–H groups in total. The van der Waals surface area contributed by atoms with Crippen LogP contribution < -0.4 is 4.74 Å². The molecule has 2 rings (SSSR count). The summed E-state index contributed by atoms with van der Waals surface area (Å²) in [5.41, 5.74) is -0.104. The second kappa shape index (κ2) is 8.22. The molecule has 1 aromatic carbocycles. The summed E-state index contributed by atoms with van der Waals surface area (Å²) < 4.78 is 16.1. The van der Waals surface area contributed by atoms with E-state index in [1.807, 2.05) is 6.07 Å². The van der Waals surface area contributed by atoms with Crippen molar-refractivity contribution in [3.8, 4) is 5.75 Å². The molecule has 24 heavy (non-hydrogen) atoms. The zero-order chi connectivity index (χ0) is 17.6. The molecule has 0 bridgehead atoms. The van der Waals surface area contributed by atoms with Crippen molar-refractivity contribution in [2.45, 2.75) is 26.0 Å². The van der Waals surface area contributed by atoms with Crippen molar-refractivity contribution in [2.24, 2.45) is 0 Å². The third-order valence-corrected chi connectivity index (χ3v) is 3.76. The Hall–Kier alpha value is -1.98. The summed E-state index contributed by atoms with van der Waals surface area (Å²) in [6.07, 6.45) is 3.21. The molecule has 0 atom stereocenters. The van der Waals surface area contributed by atoms with Crippen LogP contribution in [0, 0.1) is 0 Å². The molecule has 0 unspecified atom stereocenters. The molecule has 1 amide bonds. The highest BCUT2D eigenvalue weighted by Crippen LogP contribution is 2.23. The second-order valence-corrected chi connectivity index (χ2v) is 6.35. The maximum Gasteiger partial charge on any atom is 0.266 e. The number of hydrogen-bond donors (Lipinski definition) is 0. The number of halogens is 1. The third kappa shape index (κ3) is 5.01. The van der Waals surface area contributed by atoms with E-state index in [1.165, 1.54) is 0 Å². The smallest absolute Gasteiger partial charge is 0.266 e. The number of nitrogens with zero attached hydrogens (tertiary/aromatic N) is 1. The highest BCUT2D eigenvalue weighted by atomic mass is 35.5. The number of hydrogen-bond acceptors (Lipinski definition) is 4. The van der Waals surface area contributed by atoms with E-state index < -0.39 is 5.60 Å². The van der Waals surface area contributed by atoms with Crippen molar-refractivity contribution in [2.75, 3.05) is 20.3 Å². The first kappa shape index (κ1) is 18.4. The molecule has 5 nitrogen and oxygen atoms in total. The Morgan fingerprint density at radius 3 is 2.54 bits per heavy atom. The Morgan fingerprint density at radius 2 is 1.96 bits per heavy atom. The van der Waals surface area contributed by atoms with Gasteiger partial charge < -0.3 is 18.8 Å². The zero-order valence-corrected chi connectivity index (χ0v) is 14.9. The van der Waals surface area contributed by atoms with Crippen molar-refractivity contribution in [1.82, 2.24) is 4.90 Å². The summed E-state index contributed by atoms with van der Waals surface area (Å²) in [4.78, 5) is 14.7. The molecule has 0 aliphatic carbocycles. The van der Waals surface area contributed by atoms with Crippen molar-refractivity contribution in [3.05, 3.63) is 53.4 Å². The minimum atomic E-state index is -1.02. The Kier molecular flexibility index (Phi) is 6.29. The highest BCUT2D eigenvalue weighted by molar-refractivity contribution is 6.30. The molecule has 0 saturated heterocycles. The van der Waals surface area contributed by atoms with Gasteiger partial charge >= 0.3 is 0 Å². The Bertz CT molecular complexity index is 638. The van der Waals surface area contributed by atoms with E-state index in [-0.39, 0.29) is 5.91 Å². The monoisotopic (exact) mass is 351 g/mol. The van der Waals surface area contributed by atoms with Gasteiger partial charge in [-0.05, 0) is 44.2 Å². The number of carbonyl (C=O) groups is 1. The molecule has 6 heteroatoms. The number of amides is 1. The van der Waals surface area contributed by atoms with Crippen molar-refractivity contribution in [3.63, 3.8) is 0 Å². The van der Waals surface area contributed by atoms with E-state index in [0.29, 0.717) is 30.5 Å². The van der Waals surface area contributed by atoms with Crippen LogP contribution in [0.1, 0.15) is 19.4 Å². The van der Waals surface area contributed by atoms with Crippen LogP contribution >= 0.6 is 11.6 Å². The largest absolute Gasteiger partial charge is 0.478 e. The van der Waals surface area contributed by atoms with Crippen LogP contribution in [-0.2, 0) is 16.1 Å². The molecule has 0 fully saturated rings. The van der Waals surface area contributed by atoms with E-state index >= 15 is 0 Å². The molecular weight excluding hydrogens is 330 g/mol. The Balaban J connectivity index is 2.11. The minimum Gasteiger partial charge on any atom is -0.478 e. The van der Waals surface area contributed by atoms with Gasteiger partial charge in [0.15, 0.2) is 5.60 Å². The highest BCUT2D eigenvalue weighted by Gasteiger charge is 2.34. The van der Waals surface area contributed by atoms with Gasteiger partial charge in [-0.2, -0.15) is 0 Å². The predicted molar refractivity (Wildman–Crippen MR) is 92.2 cm³/mol. The minimum absolute atomic E-state index is 0.129. The van der Waals surface area contributed by atoms with Gasteiger partial charge in [0.2, 0.25) is 0 Å². The molecule has 1 heterocycles. The number of carbonyl (C=O) groups excluding carboxylic acids is 1. The fourth-order valence-electron chi connectivity index (χ4n) is 2.28. The van der Waals surface area contributed by atoms with Crippen LogP contribution in [-0.4, -0.2) is 36.7 Å². The van der Waals surface area contributed by atoms with Gasteiger partial charge in [-0.1, -0.05) is 11.6 Å². The molecular formula is C18H22ClNO4. The average Bonchev–Trinajstić information content (AvgIpc) is 3.06.